The van der Waals surface area contributed by atoms with E-state index in [4.69, 9.17) is 10.2 Å². The van der Waals surface area contributed by atoms with Crippen molar-refractivity contribution < 1.29 is 24.6 Å². The summed E-state index contributed by atoms with van der Waals surface area (Å²) in [6.07, 6.45) is 3.62. The lowest BCUT2D eigenvalue weighted by Crippen LogP contribution is -2.48. The molecule has 3 N–H and O–H groups in total. The molecule has 0 aromatic heterocycles. The van der Waals surface area contributed by atoms with Gasteiger partial charge in [0.15, 0.2) is 0 Å². The van der Waals surface area contributed by atoms with Crippen LogP contribution in [0.15, 0.2) is 12.7 Å². The van der Waals surface area contributed by atoms with Crippen LogP contribution < -0.4 is 5.32 Å². The van der Waals surface area contributed by atoms with Crippen molar-refractivity contribution >= 4 is 18.0 Å². The second kappa shape index (κ2) is 7.52. The van der Waals surface area contributed by atoms with Gasteiger partial charge in [-0.15, -0.1) is 6.58 Å². The Bertz CT molecular complexity index is 392. The maximum Gasteiger partial charge on any atom is 0.326 e. The molecule has 20 heavy (non-hydrogen) atoms. The van der Waals surface area contributed by atoms with Crippen molar-refractivity contribution in [1.29, 1.82) is 0 Å². The molecule has 2 amide bonds. The molecule has 0 aromatic rings. The van der Waals surface area contributed by atoms with Crippen molar-refractivity contribution in [3.63, 3.8) is 0 Å². The lowest BCUT2D eigenvalue weighted by Gasteiger charge is -2.23. The monoisotopic (exact) mass is 284 g/mol. The van der Waals surface area contributed by atoms with E-state index in [-0.39, 0.29) is 25.3 Å². The standard InChI is InChI=1S/C13H20N2O5/c1-2-8-15(9-6-7-9)13(20)14-10(12(18)19)4-3-5-11(16)17/h2,9-10H,1,3-8H2,(H,14,20)(H,16,17)(H,18,19)/t10-/m1/s1. The van der Waals surface area contributed by atoms with Gasteiger partial charge in [0.2, 0.25) is 0 Å². The van der Waals surface area contributed by atoms with E-state index in [2.05, 4.69) is 11.9 Å². The summed E-state index contributed by atoms with van der Waals surface area (Å²) >= 11 is 0. The van der Waals surface area contributed by atoms with Crippen LogP contribution >= 0.6 is 0 Å². The molecule has 0 aromatic carbocycles. The molecule has 0 unspecified atom stereocenters. The Hall–Kier alpha value is -2.05. The van der Waals surface area contributed by atoms with Crippen molar-refractivity contribution in [3.05, 3.63) is 12.7 Å². The van der Waals surface area contributed by atoms with Crippen LogP contribution in [-0.2, 0) is 9.59 Å². The number of hydrogen-bond acceptors (Lipinski definition) is 3. The quantitative estimate of drug-likeness (QED) is 0.549. The van der Waals surface area contributed by atoms with E-state index in [1.165, 1.54) is 0 Å². The molecule has 0 aliphatic heterocycles. The van der Waals surface area contributed by atoms with Crippen LogP contribution in [0.5, 0.6) is 0 Å². The SMILES string of the molecule is C=CCN(C(=O)N[C@H](CCCC(=O)O)C(=O)O)C1CC1. The average molecular weight is 284 g/mol. The molecule has 1 aliphatic carbocycles. The van der Waals surface area contributed by atoms with Crippen molar-refractivity contribution in [1.82, 2.24) is 10.2 Å². The van der Waals surface area contributed by atoms with Gasteiger partial charge >= 0.3 is 18.0 Å². The number of nitrogens with one attached hydrogen (secondary N) is 1. The summed E-state index contributed by atoms with van der Waals surface area (Å²) in [5.74, 6) is -2.13. The van der Waals surface area contributed by atoms with E-state index >= 15 is 0 Å². The number of carboxylic acids is 2. The Morgan fingerprint density at radius 3 is 2.45 bits per heavy atom. The maximum atomic E-state index is 12.0. The molecule has 0 radical (unpaired) electrons. The van der Waals surface area contributed by atoms with Gasteiger partial charge in [-0.3, -0.25) is 4.79 Å². The lowest BCUT2D eigenvalue weighted by atomic mass is 10.1. The smallest absolute Gasteiger partial charge is 0.326 e. The van der Waals surface area contributed by atoms with Gasteiger partial charge in [0, 0.05) is 19.0 Å². The third-order valence-electron chi connectivity index (χ3n) is 3.05. The Morgan fingerprint density at radius 1 is 1.35 bits per heavy atom. The minimum atomic E-state index is -1.15. The normalized spacial score (nSPS) is 15.2. The van der Waals surface area contributed by atoms with Crippen LogP contribution in [0.1, 0.15) is 32.1 Å². The number of urea groups is 1. The molecule has 1 rings (SSSR count). The van der Waals surface area contributed by atoms with Crippen LogP contribution in [0.4, 0.5) is 4.79 Å². The molecular weight excluding hydrogens is 264 g/mol. The Kier molecular flexibility index (Phi) is 6.02. The highest BCUT2D eigenvalue weighted by atomic mass is 16.4. The van der Waals surface area contributed by atoms with Gasteiger partial charge in [-0.25, -0.2) is 9.59 Å². The first-order valence-corrected chi connectivity index (χ1v) is 6.58. The Morgan fingerprint density at radius 2 is 2.00 bits per heavy atom. The van der Waals surface area contributed by atoms with Gasteiger partial charge < -0.3 is 20.4 Å². The molecule has 1 saturated carbocycles. The molecular formula is C13H20N2O5. The first-order valence-electron chi connectivity index (χ1n) is 6.58. The van der Waals surface area contributed by atoms with Crippen molar-refractivity contribution in [3.8, 4) is 0 Å². The van der Waals surface area contributed by atoms with Crippen LogP contribution in [0.2, 0.25) is 0 Å². The minimum absolute atomic E-state index is 0.0972. The third kappa shape index (κ3) is 5.29. The summed E-state index contributed by atoms with van der Waals surface area (Å²) < 4.78 is 0. The second-order valence-electron chi connectivity index (χ2n) is 4.80. The number of nitrogens with zero attached hydrogens (tertiary/aromatic N) is 1. The highest BCUT2D eigenvalue weighted by Gasteiger charge is 2.33. The van der Waals surface area contributed by atoms with E-state index in [9.17, 15) is 14.4 Å². The molecule has 112 valence electrons. The number of carbonyl (C=O) groups is 3. The van der Waals surface area contributed by atoms with Gasteiger partial charge in [0.05, 0.1) is 0 Å². The second-order valence-corrected chi connectivity index (χ2v) is 4.80. The number of hydrogen-bond donors (Lipinski definition) is 3. The molecule has 0 saturated heterocycles. The Labute approximate surface area is 117 Å². The van der Waals surface area contributed by atoms with E-state index < -0.39 is 24.0 Å². The van der Waals surface area contributed by atoms with Gasteiger partial charge in [-0.2, -0.15) is 0 Å². The zero-order valence-corrected chi connectivity index (χ0v) is 11.2. The number of rotatable bonds is 9. The number of carboxylic acid groups (broad SMARTS) is 2. The molecule has 1 aliphatic rings. The van der Waals surface area contributed by atoms with Gasteiger partial charge in [-0.05, 0) is 25.7 Å². The fourth-order valence-corrected chi connectivity index (χ4v) is 1.87. The lowest BCUT2D eigenvalue weighted by molar-refractivity contribution is -0.140. The van der Waals surface area contributed by atoms with E-state index in [0.717, 1.165) is 12.8 Å². The Balaban J connectivity index is 2.50. The van der Waals surface area contributed by atoms with E-state index in [1.807, 2.05) is 0 Å². The predicted octanol–water partition coefficient (Wildman–Crippen LogP) is 1.05. The summed E-state index contributed by atoms with van der Waals surface area (Å²) in [6, 6.07) is -1.34. The molecule has 7 nitrogen and oxygen atoms in total. The third-order valence-corrected chi connectivity index (χ3v) is 3.05. The first kappa shape index (κ1) is 16.0. The highest BCUT2D eigenvalue weighted by molar-refractivity contribution is 5.83. The summed E-state index contributed by atoms with van der Waals surface area (Å²) in [4.78, 5) is 35.1. The highest BCUT2D eigenvalue weighted by Crippen LogP contribution is 2.26. The minimum Gasteiger partial charge on any atom is -0.481 e. The largest absolute Gasteiger partial charge is 0.481 e. The summed E-state index contributed by atoms with van der Waals surface area (Å²) in [6.45, 7) is 3.95. The molecule has 0 spiro atoms. The fourth-order valence-electron chi connectivity index (χ4n) is 1.87. The topological polar surface area (TPSA) is 107 Å². The average Bonchev–Trinajstić information content (AvgIpc) is 3.18. The van der Waals surface area contributed by atoms with E-state index in [0.29, 0.717) is 6.54 Å². The maximum absolute atomic E-state index is 12.0. The van der Waals surface area contributed by atoms with Crippen LogP contribution in [0.25, 0.3) is 0 Å². The van der Waals surface area contributed by atoms with Gasteiger partial charge in [-0.1, -0.05) is 6.08 Å². The predicted molar refractivity (Wildman–Crippen MR) is 71.4 cm³/mol. The van der Waals surface area contributed by atoms with Crippen molar-refractivity contribution in [2.24, 2.45) is 0 Å². The van der Waals surface area contributed by atoms with Gasteiger partial charge in [0.25, 0.3) is 0 Å². The molecule has 1 atom stereocenters. The number of aliphatic carboxylic acids is 2. The number of amides is 2. The molecule has 1 fully saturated rings. The summed E-state index contributed by atoms with van der Waals surface area (Å²) in [5.41, 5.74) is 0. The number of carbonyl (C=O) groups excluding carboxylic acids is 1. The zero-order chi connectivity index (χ0) is 15.1. The first-order chi connectivity index (χ1) is 9.45. The molecule has 7 heteroatoms. The molecule has 0 heterocycles. The van der Waals surface area contributed by atoms with Gasteiger partial charge in [0.1, 0.15) is 6.04 Å². The summed E-state index contributed by atoms with van der Waals surface area (Å²) in [5, 5.41) is 20.0. The zero-order valence-electron chi connectivity index (χ0n) is 11.2. The van der Waals surface area contributed by atoms with E-state index in [1.54, 1.807) is 11.0 Å². The fraction of sp³-hybridized carbons (Fsp3) is 0.615. The van der Waals surface area contributed by atoms with Crippen LogP contribution in [0, 0.1) is 0 Å². The van der Waals surface area contributed by atoms with Crippen molar-refractivity contribution in [2.75, 3.05) is 6.54 Å². The molecule has 0 bridgehead atoms. The van der Waals surface area contributed by atoms with Crippen molar-refractivity contribution in [2.45, 2.75) is 44.2 Å². The summed E-state index contributed by atoms with van der Waals surface area (Å²) in [7, 11) is 0. The van der Waals surface area contributed by atoms with Crippen LogP contribution in [0.3, 0.4) is 0 Å². The van der Waals surface area contributed by atoms with Crippen LogP contribution in [-0.4, -0.2) is 51.7 Å².